The third-order valence-electron chi connectivity index (χ3n) is 5.00. The van der Waals surface area contributed by atoms with Crippen LogP contribution in [0.2, 0.25) is 0 Å². The highest BCUT2D eigenvalue weighted by atomic mass is 16.5. The molecule has 7 heteroatoms. The third-order valence-corrected chi connectivity index (χ3v) is 5.00. The molecule has 2 aromatic carbocycles. The fourth-order valence-electron chi connectivity index (χ4n) is 3.30. The molecule has 0 saturated heterocycles. The van der Waals surface area contributed by atoms with Crippen LogP contribution in [0.4, 0.5) is 11.4 Å². The lowest BCUT2D eigenvalue weighted by atomic mass is 10.1. The van der Waals surface area contributed by atoms with Gasteiger partial charge in [-0.05, 0) is 36.8 Å². The molecular formula is C22H22N4O3. The Labute approximate surface area is 167 Å². The molecule has 1 aliphatic heterocycles. The number of H-pyrrole nitrogens is 1. The summed E-state index contributed by atoms with van der Waals surface area (Å²) in [6.07, 6.45) is 1.03. The normalized spacial score (nSPS) is 11.9. The Morgan fingerprint density at radius 3 is 2.86 bits per heavy atom. The molecule has 0 unspecified atom stereocenters. The van der Waals surface area contributed by atoms with Crippen LogP contribution in [-0.4, -0.2) is 29.1 Å². The number of carbonyl (C=O) groups is 1. The van der Waals surface area contributed by atoms with Gasteiger partial charge in [-0.15, -0.1) is 0 Å². The summed E-state index contributed by atoms with van der Waals surface area (Å²) in [7, 11) is 1.78. The van der Waals surface area contributed by atoms with Gasteiger partial charge in [0.05, 0.1) is 18.8 Å². The largest absolute Gasteiger partial charge is 0.494 e. The number of carbonyl (C=O) groups excluding carboxylic acids is 1. The lowest BCUT2D eigenvalue weighted by molar-refractivity contribution is -0.118. The van der Waals surface area contributed by atoms with Gasteiger partial charge in [-0.25, -0.2) is 4.99 Å². The van der Waals surface area contributed by atoms with Gasteiger partial charge in [0.25, 0.3) is 5.56 Å². The zero-order chi connectivity index (χ0) is 20.4. The van der Waals surface area contributed by atoms with Gasteiger partial charge in [-0.1, -0.05) is 24.8 Å². The number of aromatic amines is 1. The summed E-state index contributed by atoms with van der Waals surface area (Å²) in [6, 6.07) is 15.2. The Balaban J connectivity index is 1.34. The molecule has 1 amide bonds. The number of fused-ring (bicyclic) bond motifs is 2. The molecule has 0 fully saturated rings. The predicted octanol–water partition coefficient (Wildman–Crippen LogP) is 1.72. The molecule has 1 aromatic heterocycles. The van der Waals surface area contributed by atoms with Crippen LogP contribution in [0, 0.1) is 0 Å². The van der Waals surface area contributed by atoms with E-state index in [0.717, 1.165) is 22.7 Å². The number of imidazole rings is 1. The van der Waals surface area contributed by atoms with Crippen molar-refractivity contribution in [2.24, 2.45) is 4.99 Å². The number of para-hydroxylation sites is 1. The molecule has 2 heterocycles. The first-order valence-electron chi connectivity index (χ1n) is 9.47. The van der Waals surface area contributed by atoms with Gasteiger partial charge in [0.1, 0.15) is 11.1 Å². The summed E-state index contributed by atoms with van der Waals surface area (Å²) >= 11 is 0. The standard InChI is InChI=1S/C22H22N4O3/c1-15-21(28)24-22-23-19-11-10-18(13-16(19)14-26(15)22)29-12-6-9-20(27)25(2)17-7-4-3-5-8-17/h3-5,7-8,10-11,13H,1,6,9,12,14H2,2H3,(H,23,24,28). The van der Waals surface area contributed by atoms with Crippen LogP contribution in [0.15, 0.2) is 58.3 Å². The molecule has 7 nitrogen and oxygen atoms in total. The number of benzene rings is 2. The Kier molecular flexibility index (Phi) is 5.03. The van der Waals surface area contributed by atoms with E-state index in [-0.39, 0.29) is 11.5 Å². The summed E-state index contributed by atoms with van der Waals surface area (Å²) in [5.41, 5.74) is 2.94. The molecule has 0 atom stereocenters. The third kappa shape index (κ3) is 3.85. The van der Waals surface area contributed by atoms with Gasteiger partial charge in [-0.3, -0.25) is 14.6 Å². The van der Waals surface area contributed by atoms with Gasteiger partial charge in [0.15, 0.2) is 0 Å². The predicted molar refractivity (Wildman–Crippen MR) is 111 cm³/mol. The topological polar surface area (TPSA) is 79.7 Å². The zero-order valence-electron chi connectivity index (χ0n) is 16.2. The minimum atomic E-state index is -0.224. The summed E-state index contributed by atoms with van der Waals surface area (Å²) in [6.45, 7) is 4.75. The quantitative estimate of drug-likeness (QED) is 0.509. The van der Waals surface area contributed by atoms with Crippen molar-refractivity contribution >= 4 is 23.9 Å². The number of amides is 1. The van der Waals surface area contributed by atoms with Crippen LogP contribution in [0.1, 0.15) is 18.4 Å². The van der Waals surface area contributed by atoms with E-state index in [0.29, 0.717) is 37.0 Å². The minimum Gasteiger partial charge on any atom is -0.494 e. The number of aromatic nitrogens is 2. The Morgan fingerprint density at radius 1 is 1.28 bits per heavy atom. The van der Waals surface area contributed by atoms with Crippen molar-refractivity contribution in [2.75, 3.05) is 18.6 Å². The van der Waals surface area contributed by atoms with Gasteiger partial charge in [0, 0.05) is 24.7 Å². The number of hydrogen-bond acceptors (Lipinski definition) is 4. The molecule has 4 rings (SSSR count). The molecule has 0 bridgehead atoms. The molecule has 0 saturated carbocycles. The van der Waals surface area contributed by atoms with Gasteiger partial charge in [-0.2, -0.15) is 0 Å². The molecular weight excluding hydrogens is 368 g/mol. The van der Waals surface area contributed by atoms with Gasteiger partial charge >= 0.3 is 0 Å². The molecule has 0 radical (unpaired) electrons. The number of anilines is 1. The van der Waals surface area contributed by atoms with Crippen molar-refractivity contribution in [1.29, 1.82) is 0 Å². The highest BCUT2D eigenvalue weighted by Crippen LogP contribution is 2.26. The fraction of sp³-hybridized carbons (Fsp3) is 0.227. The first-order valence-corrected chi connectivity index (χ1v) is 9.47. The van der Waals surface area contributed by atoms with E-state index < -0.39 is 0 Å². The second kappa shape index (κ2) is 7.79. The SMILES string of the molecule is C=c1c(=O)[nH]c2n1Cc1cc(OCCCC(=O)N(C)c3ccccc3)ccc1N=2. The summed E-state index contributed by atoms with van der Waals surface area (Å²) in [5.74, 6) is 0.771. The average molecular weight is 390 g/mol. The lowest BCUT2D eigenvalue weighted by Crippen LogP contribution is -2.32. The first kappa shape index (κ1) is 18.7. The van der Waals surface area contributed by atoms with Crippen LogP contribution in [-0.2, 0) is 11.3 Å². The average Bonchev–Trinajstić information content (AvgIpc) is 3.02. The van der Waals surface area contributed by atoms with Crippen molar-refractivity contribution in [1.82, 2.24) is 9.55 Å². The van der Waals surface area contributed by atoms with Crippen LogP contribution < -0.4 is 26.2 Å². The van der Waals surface area contributed by atoms with Crippen molar-refractivity contribution in [3.63, 3.8) is 0 Å². The maximum absolute atomic E-state index is 12.3. The number of ether oxygens (including phenoxy) is 1. The second-order valence-electron chi connectivity index (χ2n) is 6.95. The van der Waals surface area contributed by atoms with Crippen molar-refractivity contribution in [3.05, 3.63) is 75.4 Å². The Bertz CT molecular complexity index is 1210. The molecule has 1 aliphatic rings. The van der Waals surface area contributed by atoms with E-state index in [9.17, 15) is 9.59 Å². The maximum atomic E-state index is 12.3. The highest BCUT2D eigenvalue weighted by Gasteiger charge is 2.14. The van der Waals surface area contributed by atoms with E-state index in [4.69, 9.17) is 4.74 Å². The van der Waals surface area contributed by atoms with E-state index in [1.54, 1.807) is 16.5 Å². The molecule has 0 aliphatic carbocycles. The zero-order valence-corrected chi connectivity index (χ0v) is 16.2. The smallest absolute Gasteiger partial charge is 0.274 e. The molecule has 0 spiro atoms. The molecule has 1 N–H and O–H groups in total. The monoisotopic (exact) mass is 390 g/mol. The Hall–Kier alpha value is -3.61. The minimum absolute atomic E-state index is 0.0526. The van der Waals surface area contributed by atoms with Gasteiger partial charge in [0.2, 0.25) is 11.5 Å². The van der Waals surface area contributed by atoms with Crippen LogP contribution in [0.3, 0.4) is 0 Å². The van der Waals surface area contributed by atoms with Gasteiger partial charge < -0.3 is 14.2 Å². The maximum Gasteiger partial charge on any atom is 0.274 e. The van der Waals surface area contributed by atoms with E-state index in [2.05, 4.69) is 16.6 Å². The van der Waals surface area contributed by atoms with Crippen molar-refractivity contribution in [2.45, 2.75) is 19.4 Å². The van der Waals surface area contributed by atoms with Crippen LogP contribution in [0.25, 0.3) is 6.58 Å². The number of rotatable bonds is 6. The van der Waals surface area contributed by atoms with Crippen LogP contribution >= 0.6 is 0 Å². The molecule has 148 valence electrons. The molecule has 29 heavy (non-hydrogen) atoms. The Morgan fingerprint density at radius 2 is 2.07 bits per heavy atom. The summed E-state index contributed by atoms with van der Waals surface area (Å²) in [4.78, 5) is 32.9. The lowest BCUT2D eigenvalue weighted by Gasteiger charge is -2.17. The van der Waals surface area contributed by atoms with E-state index >= 15 is 0 Å². The molecule has 3 aromatic rings. The van der Waals surface area contributed by atoms with Crippen molar-refractivity contribution in [3.8, 4) is 5.75 Å². The van der Waals surface area contributed by atoms with Crippen molar-refractivity contribution < 1.29 is 9.53 Å². The van der Waals surface area contributed by atoms with E-state index in [1.807, 2.05) is 48.5 Å². The van der Waals surface area contributed by atoms with Crippen LogP contribution in [0.5, 0.6) is 5.75 Å². The summed E-state index contributed by atoms with van der Waals surface area (Å²) < 4.78 is 7.58. The fourth-order valence-corrected chi connectivity index (χ4v) is 3.30. The second-order valence-corrected chi connectivity index (χ2v) is 6.95. The number of nitrogens with zero attached hydrogens (tertiary/aromatic N) is 3. The number of nitrogens with one attached hydrogen (secondary N) is 1. The first-order chi connectivity index (χ1) is 14.0. The highest BCUT2D eigenvalue weighted by molar-refractivity contribution is 5.92. The van der Waals surface area contributed by atoms with E-state index in [1.165, 1.54) is 0 Å². The number of hydrogen-bond donors (Lipinski definition) is 1. The summed E-state index contributed by atoms with van der Waals surface area (Å²) in [5, 5.41) is 0.391.